The Morgan fingerprint density at radius 2 is 1.96 bits per heavy atom. The van der Waals surface area contributed by atoms with E-state index in [1.807, 2.05) is 6.07 Å². The lowest BCUT2D eigenvalue weighted by atomic mass is 10.00. The molecule has 142 valence electrons. The Kier molecular flexibility index (Phi) is 10.4. The van der Waals surface area contributed by atoms with Crippen molar-refractivity contribution in [1.82, 2.24) is 15.5 Å². The molecule has 1 amide bonds. The molecule has 0 bridgehead atoms. The van der Waals surface area contributed by atoms with Crippen LogP contribution < -0.4 is 10.6 Å². The molecule has 2 saturated heterocycles. The van der Waals surface area contributed by atoms with Crippen molar-refractivity contribution >= 4 is 30.7 Å². The summed E-state index contributed by atoms with van der Waals surface area (Å²) in [6.45, 7) is 4.97. The third-order valence-corrected chi connectivity index (χ3v) is 5.16. The van der Waals surface area contributed by atoms with Crippen LogP contribution in [0.1, 0.15) is 37.7 Å². The molecule has 2 N–H and O–H groups in total. The minimum atomic E-state index is 0. The van der Waals surface area contributed by atoms with Crippen LogP contribution in [0.4, 0.5) is 0 Å². The van der Waals surface area contributed by atoms with Crippen molar-refractivity contribution in [3.05, 3.63) is 35.9 Å². The zero-order valence-corrected chi connectivity index (χ0v) is 16.4. The minimum Gasteiger partial charge on any atom is -0.355 e. The topological polar surface area (TPSA) is 44.4 Å². The smallest absolute Gasteiger partial charge is 0.237 e. The van der Waals surface area contributed by atoms with Gasteiger partial charge in [-0.05, 0) is 56.8 Å². The predicted octanol–water partition coefficient (Wildman–Crippen LogP) is 3.00. The van der Waals surface area contributed by atoms with Crippen molar-refractivity contribution in [3.8, 4) is 0 Å². The highest BCUT2D eigenvalue weighted by Gasteiger charge is 2.28. The first-order chi connectivity index (χ1) is 11.3. The highest BCUT2D eigenvalue weighted by atomic mass is 35.5. The maximum absolute atomic E-state index is 12.6. The maximum Gasteiger partial charge on any atom is 0.237 e. The molecule has 25 heavy (non-hydrogen) atoms. The van der Waals surface area contributed by atoms with Crippen LogP contribution in [0.5, 0.6) is 0 Å². The van der Waals surface area contributed by atoms with E-state index in [-0.39, 0.29) is 36.8 Å². The van der Waals surface area contributed by atoms with Crippen LogP contribution in [0.2, 0.25) is 0 Å². The van der Waals surface area contributed by atoms with E-state index in [0.29, 0.717) is 0 Å². The van der Waals surface area contributed by atoms with Gasteiger partial charge in [0.05, 0.1) is 6.04 Å². The first-order valence-electron chi connectivity index (χ1n) is 9.09. The van der Waals surface area contributed by atoms with Crippen molar-refractivity contribution in [2.75, 3.05) is 26.2 Å². The average molecular weight is 388 g/mol. The molecule has 2 fully saturated rings. The number of hydrogen-bond donors (Lipinski definition) is 2. The van der Waals surface area contributed by atoms with Gasteiger partial charge in [0.2, 0.25) is 5.91 Å². The summed E-state index contributed by atoms with van der Waals surface area (Å²) in [6.07, 6.45) is 5.70. The molecule has 0 radical (unpaired) electrons. The Morgan fingerprint density at radius 1 is 1.16 bits per heavy atom. The van der Waals surface area contributed by atoms with E-state index in [0.717, 1.165) is 57.9 Å². The quantitative estimate of drug-likeness (QED) is 0.788. The van der Waals surface area contributed by atoms with Gasteiger partial charge in [0.1, 0.15) is 0 Å². The molecule has 2 heterocycles. The number of nitrogens with zero attached hydrogens (tertiary/aromatic N) is 1. The van der Waals surface area contributed by atoms with Crippen LogP contribution in [-0.2, 0) is 11.3 Å². The van der Waals surface area contributed by atoms with Gasteiger partial charge in [-0.1, -0.05) is 36.8 Å². The fourth-order valence-electron chi connectivity index (χ4n) is 3.77. The zero-order chi connectivity index (χ0) is 15.9. The Hall–Kier alpha value is -0.810. The number of likely N-dealkylation sites (tertiary alicyclic amines) is 1. The van der Waals surface area contributed by atoms with Crippen molar-refractivity contribution in [2.24, 2.45) is 5.92 Å². The zero-order valence-electron chi connectivity index (χ0n) is 14.8. The van der Waals surface area contributed by atoms with E-state index < -0.39 is 0 Å². The van der Waals surface area contributed by atoms with Crippen molar-refractivity contribution in [1.29, 1.82) is 0 Å². The van der Waals surface area contributed by atoms with Crippen molar-refractivity contribution < 1.29 is 4.79 Å². The molecule has 2 aliphatic rings. The molecule has 4 nitrogen and oxygen atoms in total. The van der Waals surface area contributed by atoms with Gasteiger partial charge in [0, 0.05) is 13.1 Å². The lowest BCUT2D eigenvalue weighted by molar-refractivity contribution is -0.127. The van der Waals surface area contributed by atoms with Crippen LogP contribution in [0.15, 0.2) is 30.3 Å². The summed E-state index contributed by atoms with van der Waals surface area (Å²) >= 11 is 0. The van der Waals surface area contributed by atoms with Crippen LogP contribution in [0, 0.1) is 5.92 Å². The van der Waals surface area contributed by atoms with E-state index in [9.17, 15) is 4.79 Å². The molecule has 2 atom stereocenters. The van der Waals surface area contributed by atoms with Gasteiger partial charge in [0.15, 0.2) is 0 Å². The molecule has 6 heteroatoms. The highest BCUT2D eigenvalue weighted by molar-refractivity contribution is 5.85. The predicted molar refractivity (Wildman–Crippen MR) is 108 cm³/mol. The first-order valence-corrected chi connectivity index (χ1v) is 9.09. The molecule has 3 rings (SSSR count). The summed E-state index contributed by atoms with van der Waals surface area (Å²) in [5.41, 5.74) is 1.30. The second-order valence-corrected chi connectivity index (χ2v) is 6.91. The van der Waals surface area contributed by atoms with Gasteiger partial charge in [-0.25, -0.2) is 0 Å². The molecule has 2 unspecified atom stereocenters. The number of carbonyl (C=O) groups is 1. The molecule has 0 saturated carbocycles. The molecule has 2 aliphatic heterocycles. The lowest BCUT2D eigenvalue weighted by Gasteiger charge is -2.34. The van der Waals surface area contributed by atoms with Gasteiger partial charge in [-0.2, -0.15) is 0 Å². The standard InChI is InChI=1S/C19H29N3O.2ClH/c23-19(21-12-10-16-9-11-20-14-16)18-8-4-5-13-22(18)15-17-6-2-1-3-7-17;;/h1-3,6-7,16,18,20H,4-5,8-15H2,(H,21,23);2*1H. The van der Waals surface area contributed by atoms with Crippen molar-refractivity contribution in [2.45, 2.75) is 44.7 Å². The minimum absolute atomic E-state index is 0. The summed E-state index contributed by atoms with van der Waals surface area (Å²) in [4.78, 5) is 15.0. The summed E-state index contributed by atoms with van der Waals surface area (Å²) < 4.78 is 0. The Balaban J connectivity index is 0.00000156. The van der Waals surface area contributed by atoms with Crippen LogP contribution >= 0.6 is 24.8 Å². The van der Waals surface area contributed by atoms with Gasteiger partial charge < -0.3 is 10.6 Å². The number of carbonyl (C=O) groups excluding carboxylic acids is 1. The number of nitrogens with one attached hydrogen (secondary N) is 2. The monoisotopic (exact) mass is 387 g/mol. The molecule has 0 aromatic heterocycles. The first kappa shape index (κ1) is 22.2. The molecular weight excluding hydrogens is 357 g/mol. The molecule has 1 aromatic rings. The van der Waals surface area contributed by atoms with Gasteiger partial charge in [-0.15, -0.1) is 24.8 Å². The average Bonchev–Trinajstić information content (AvgIpc) is 3.09. The number of halogens is 2. The molecule has 1 aromatic carbocycles. The normalized spacial score (nSPS) is 23.4. The van der Waals surface area contributed by atoms with Gasteiger partial charge >= 0.3 is 0 Å². The third-order valence-electron chi connectivity index (χ3n) is 5.16. The summed E-state index contributed by atoms with van der Waals surface area (Å²) in [5, 5.41) is 6.57. The molecule has 0 spiro atoms. The Morgan fingerprint density at radius 3 is 2.68 bits per heavy atom. The number of piperidine rings is 1. The fourth-order valence-corrected chi connectivity index (χ4v) is 3.77. The maximum atomic E-state index is 12.6. The van der Waals surface area contributed by atoms with Crippen LogP contribution in [-0.4, -0.2) is 43.0 Å². The number of amides is 1. The van der Waals surface area contributed by atoms with Crippen LogP contribution in [0.3, 0.4) is 0 Å². The lowest BCUT2D eigenvalue weighted by Crippen LogP contribution is -2.49. The van der Waals surface area contributed by atoms with E-state index in [1.54, 1.807) is 0 Å². The summed E-state index contributed by atoms with van der Waals surface area (Å²) in [6, 6.07) is 10.5. The van der Waals surface area contributed by atoms with E-state index >= 15 is 0 Å². The molecular formula is C19H31Cl2N3O. The number of hydrogen-bond acceptors (Lipinski definition) is 3. The second kappa shape index (κ2) is 11.7. The third kappa shape index (κ3) is 6.78. The second-order valence-electron chi connectivity index (χ2n) is 6.91. The van der Waals surface area contributed by atoms with Crippen LogP contribution in [0.25, 0.3) is 0 Å². The largest absolute Gasteiger partial charge is 0.355 e. The number of benzene rings is 1. The fraction of sp³-hybridized carbons (Fsp3) is 0.632. The van der Waals surface area contributed by atoms with E-state index in [1.165, 1.54) is 18.4 Å². The molecule has 0 aliphatic carbocycles. The van der Waals surface area contributed by atoms with E-state index in [2.05, 4.69) is 39.8 Å². The summed E-state index contributed by atoms with van der Waals surface area (Å²) in [5.74, 6) is 0.966. The van der Waals surface area contributed by atoms with Gasteiger partial charge in [-0.3, -0.25) is 9.69 Å². The van der Waals surface area contributed by atoms with Crippen molar-refractivity contribution in [3.63, 3.8) is 0 Å². The Labute approximate surface area is 163 Å². The highest BCUT2D eigenvalue weighted by Crippen LogP contribution is 2.20. The number of rotatable bonds is 6. The van der Waals surface area contributed by atoms with E-state index in [4.69, 9.17) is 0 Å². The Bertz CT molecular complexity index is 495. The SMILES string of the molecule is Cl.Cl.O=C(NCCC1CCNC1)C1CCCCN1Cc1ccccc1. The van der Waals surface area contributed by atoms with Gasteiger partial charge in [0.25, 0.3) is 0 Å². The summed E-state index contributed by atoms with van der Waals surface area (Å²) in [7, 11) is 0.